The minimum Gasteiger partial charge on any atom is -0.264 e. The van der Waals surface area contributed by atoms with Crippen LogP contribution < -0.4 is 0 Å². The van der Waals surface area contributed by atoms with E-state index in [2.05, 4.69) is 11.9 Å². The van der Waals surface area contributed by atoms with Gasteiger partial charge in [-0.05, 0) is 36.3 Å². The minimum atomic E-state index is -4.26. The van der Waals surface area contributed by atoms with Gasteiger partial charge in [-0.2, -0.15) is 13.2 Å². The Bertz CT molecular complexity index is 378. The van der Waals surface area contributed by atoms with Gasteiger partial charge >= 0.3 is 6.18 Å². The summed E-state index contributed by atoms with van der Waals surface area (Å²) in [4.78, 5) is 3.85. The van der Waals surface area contributed by atoms with Gasteiger partial charge in [-0.15, -0.1) is 0 Å². The standard InChI is InChI=1S/C13H16F3N/c1-9-2-4-10(5-3-9)11-8-17-7-6-12(11)13(14,15)16/h6-10H,2-5H2,1H3. The Morgan fingerprint density at radius 1 is 1.18 bits per heavy atom. The highest BCUT2D eigenvalue weighted by atomic mass is 19.4. The zero-order valence-corrected chi connectivity index (χ0v) is 9.80. The van der Waals surface area contributed by atoms with Gasteiger partial charge in [-0.3, -0.25) is 4.98 Å². The number of hydrogen-bond acceptors (Lipinski definition) is 1. The lowest BCUT2D eigenvalue weighted by atomic mass is 9.78. The first-order chi connectivity index (χ1) is 7.98. The van der Waals surface area contributed by atoms with Crippen molar-refractivity contribution < 1.29 is 13.2 Å². The van der Waals surface area contributed by atoms with E-state index in [4.69, 9.17) is 0 Å². The van der Waals surface area contributed by atoms with E-state index < -0.39 is 11.7 Å². The van der Waals surface area contributed by atoms with Gasteiger partial charge in [0.15, 0.2) is 0 Å². The average molecular weight is 243 g/mol. The molecule has 4 heteroatoms. The average Bonchev–Trinajstić information content (AvgIpc) is 2.29. The molecule has 0 radical (unpaired) electrons. The van der Waals surface area contributed by atoms with Crippen LogP contribution in [0.25, 0.3) is 0 Å². The largest absolute Gasteiger partial charge is 0.416 e. The predicted octanol–water partition coefficient (Wildman–Crippen LogP) is 4.39. The summed E-state index contributed by atoms with van der Waals surface area (Å²) in [7, 11) is 0. The van der Waals surface area contributed by atoms with Crippen molar-refractivity contribution in [3.63, 3.8) is 0 Å². The van der Waals surface area contributed by atoms with E-state index in [1.54, 1.807) is 0 Å². The first-order valence-corrected chi connectivity index (χ1v) is 5.99. The monoisotopic (exact) mass is 243 g/mol. The summed E-state index contributed by atoms with van der Waals surface area (Å²) >= 11 is 0. The topological polar surface area (TPSA) is 12.9 Å². The van der Waals surface area contributed by atoms with Crippen molar-refractivity contribution in [2.75, 3.05) is 0 Å². The fraction of sp³-hybridized carbons (Fsp3) is 0.615. The van der Waals surface area contributed by atoms with Crippen LogP contribution >= 0.6 is 0 Å². The van der Waals surface area contributed by atoms with E-state index >= 15 is 0 Å². The molecule has 0 N–H and O–H groups in total. The van der Waals surface area contributed by atoms with E-state index in [9.17, 15) is 13.2 Å². The molecule has 1 heterocycles. The Kier molecular flexibility index (Phi) is 3.40. The van der Waals surface area contributed by atoms with E-state index in [0.29, 0.717) is 11.5 Å². The van der Waals surface area contributed by atoms with E-state index in [-0.39, 0.29) is 5.92 Å². The van der Waals surface area contributed by atoms with Crippen LogP contribution in [0.3, 0.4) is 0 Å². The van der Waals surface area contributed by atoms with Crippen LogP contribution in [0.1, 0.15) is 49.7 Å². The van der Waals surface area contributed by atoms with Gasteiger partial charge < -0.3 is 0 Å². The SMILES string of the molecule is CC1CCC(c2cnccc2C(F)(F)F)CC1. The lowest BCUT2D eigenvalue weighted by molar-refractivity contribution is -0.138. The lowest BCUT2D eigenvalue weighted by Gasteiger charge is -2.28. The molecule has 2 rings (SSSR count). The van der Waals surface area contributed by atoms with Crippen molar-refractivity contribution in [1.29, 1.82) is 0 Å². The highest BCUT2D eigenvalue weighted by Crippen LogP contribution is 2.41. The Balaban J connectivity index is 2.26. The Labute approximate surface area is 99.1 Å². The maximum Gasteiger partial charge on any atom is 0.416 e. The Morgan fingerprint density at radius 2 is 1.82 bits per heavy atom. The number of pyridine rings is 1. The number of halogens is 3. The summed E-state index contributed by atoms with van der Waals surface area (Å²) in [5, 5.41) is 0. The molecule has 0 saturated heterocycles. The Morgan fingerprint density at radius 3 is 2.41 bits per heavy atom. The third kappa shape index (κ3) is 2.79. The molecule has 0 aromatic carbocycles. The molecule has 1 nitrogen and oxygen atoms in total. The van der Waals surface area contributed by atoms with Crippen LogP contribution in [-0.2, 0) is 6.18 Å². The first-order valence-electron chi connectivity index (χ1n) is 5.99. The number of nitrogens with zero attached hydrogens (tertiary/aromatic N) is 1. The molecule has 94 valence electrons. The molecule has 0 amide bonds. The predicted molar refractivity (Wildman–Crippen MR) is 59.6 cm³/mol. The summed E-state index contributed by atoms with van der Waals surface area (Å²) in [5.74, 6) is 0.661. The third-order valence-corrected chi connectivity index (χ3v) is 3.61. The molecular formula is C13H16F3N. The van der Waals surface area contributed by atoms with Gasteiger partial charge in [0.05, 0.1) is 5.56 Å². The molecule has 1 fully saturated rings. The van der Waals surface area contributed by atoms with Gasteiger partial charge in [-0.25, -0.2) is 0 Å². The van der Waals surface area contributed by atoms with Gasteiger partial charge in [-0.1, -0.05) is 19.8 Å². The van der Waals surface area contributed by atoms with Crippen LogP contribution in [0.5, 0.6) is 0 Å². The molecule has 1 saturated carbocycles. The number of alkyl halides is 3. The maximum absolute atomic E-state index is 12.9. The molecule has 0 bridgehead atoms. The van der Waals surface area contributed by atoms with Gasteiger partial charge in [0.1, 0.15) is 0 Å². The number of hydrogen-bond donors (Lipinski definition) is 0. The summed E-state index contributed by atoms with van der Waals surface area (Å²) in [6.45, 7) is 2.16. The van der Waals surface area contributed by atoms with Gasteiger partial charge in [0.2, 0.25) is 0 Å². The molecule has 0 unspecified atom stereocenters. The van der Waals surface area contributed by atoms with Crippen LogP contribution in [0.4, 0.5) is 13.2 Å². The molecule has 0 aliphatic heterocycles. The summed E-state index contributed by atoms with van der Waals surface area (Å²) in [6, 6.07) is 1.09. The third-order valence-electron chi connectivity index (χ3n) is 3.61. The van der Waals surface area contributed by atoms with Crippen LogP contribution in [-0.4, -0.2) is 4.98 Å². The summed E-state index contributed by atoms with van der Waals surface area (Å²) in [6.07, 6.45) is 2.06. The molecule has 17 heavy (non-hydrogen) atoms. The molecular weight excluding hydrogens is 227 g/mol. The van der Waals surface area contributed by atoms with Crippen LogP contribution in [0.2, 0.25) is 0 Å². The fourth-order valence-electron chi connectivity index (χ4n) is 2.56. The van der Waals surface area contributed by atoms with Gasteiger partial charge in [0, 0.05) is 12.4 Å². The van der Waals surface area contributed by atoms with Crippen molar-refractivity contribution in [3.05, 3.63) is 29.6 Å². The summed E-state index contributed by atoms with van der Waals surface area (Å²) in [5.41, 5.74) is -0.126. The highest BCUT2D eigenvalue weighted by Gasteiger charge is 2.35. The van der Waals surface area contributed by atoms with Crippen molar-refractivity contribution in [1.82, 2.24) is 4.98 Å². The number of aromatic nitrogens is 1. The second-order valence-corrected chi connectivity index (χ2v) is 4.92. The second-order valence-electron chi connectivity index (χ2n) is 4.92. The molecule has 0 spiro atoms. The van der Waals surface area contributed by atoms with Gasteiger partial charge in [0.25, 0.3) is 0 Å². The van der Waals surface area contributed by atoms with Crippen LogP contribution in [0, 0.1) is 5.92 Å². The zero-order valence-electron chi connectivity index (χ0n) is 9.80. The van der Waals surface area contributed by atoms with Crippen molar-refractivity contribution in [2.45, 2.75) is 44.7 Å². The number of rotatable bonds is 1. The van der Waals surface area contributed by atoms with Crippen LogP contribution in [0.15, 0.2) is 18.5 Å². The Hall–Kier alpha value is -1.06. The normalized spacial score (nSPS) is 25.9. The molecule has 1 aliphatic carbocycles. The zero-order chi connectivity index (χ0) is 12.5. The van der Waals surface area contributed by atoms with Crippen molar-refractivity contribution >= 4 is 0 Å². The van der Waals surface area contributed by atoms with Crippen molar-refractivity contribution in [3.8, 4) is 0 Å². The quantitative estimate of drug-likeness (QED) is 0.712. The van der Waals surface area contributed by atoms with E-state index in [1.807, 2.05) is 0 Å². The second kappa shape index (κ2) is 4.67. The van der Waals surface area contributed by atoms with E-state index in [0.717, 1.165) is 31.7 Å². The van der Waals surface area contributed by atoms with Crippen molar-refractivity contribution in [2.24, 2.45) is 5.92 Å². The molecule has 0 atom stereocenters. The minimum absolute atomic E-state index is 0.0246. The molecule has 1 aromatic rings. The summed E-state index contributed by atoms with van der Waals surface area (Å²) < 4.78 is 38.6. The maximum atomic E-state index is 12.9. The first kappa shape index (κ1) is 12.4. The smallest absolute Gasteiger partial charge is 0.264 e. The molecule has 1 aromatic heterocycles. The van der Waals surface area contributed by atoms with E-state index in [1.165, 1.54) is 12.4 Å². The highest BCUT2D eigenvalue weighted by molar-refractivity contribution is 5.30. The lowest BCUT2D eigenvalue weighted by Crippen LogP contribution is -2.16. The molecule has 1 aliphatic rings. The fourth-order valence-corrected chi connectivity index (χ4v) is 2.56.